The third-order valence-electron chi connectivity index (χ3n) is 2.10. The van der Waals surface area contributed by atoms with Crippen LogP contribution in [0.1, 0.15) is 18.0 Å². The number of nitrogens with one attached hydrogen (secondary N) is 1. The second kappa shape index (κ2) is 5.44. The zero-order chi connectivity index (χ0) is 10.6. The first-order chi connectivity index (χ1) is 6.69. The summed E-state index contributed by atoms with van der Waals surface area (Å²) in [6.07, 6.45) is 0.612. The van der Waals surface area contributed by atoms with Crippen molar-refractivity contribution in [2.75, 3.05) is 13.7 Å². The highest BCUT2D eigenvalue weighted by molar-refractivity contribution is 9.10. The summed E-state index contributed by atoms with van der Waals surface area (Å²) in [7, 11) is 1.82. The van der Waals surface area contributed by atoms with Gasteiger partial charge in [-0.15, -0.1) is 0 Å². The Bertz CT molecular complexity index is 306. The van der Waals surface area contributed by atoms with Crippen molar-refractivity contribution in [3.63, 3.8) is 0 Å². The first kappa shape index (κ1) is 11.6. The number of hydrogen-bond acceptors (Lipinski definition) is 2. The summed E-state index contributed by atoms with van der Waals surface area (Å²) in [5, 5.41) is 11.9. The molecule has 1 rings (SSSR count). The molecule has 1 atom stereocenters. The van der Waals surface area contributed by atoms with Crippen LogP contribution in [0.15, 0.2) is 22.7 Å². The Kier molecular flexibility index (Phi) is 4.51. The van der Waals surface area contributed by atoms with Crippen molar-refractivity contribution in [1.82, 2.24) is 5.32 Å². The Morgan fingerprint density at radius 2 is 2.29 bits per heavy atom. The van der Waals surface area contributed by atoms with Gasteiger partial charge in [-0.1, -0.05) is 22.0 Å². The number of aliphatic hydroxyl groups is 1. The third-order valence-corrected chi connectivity index (χ3v) is 2.79. The Balaban J connectivity index is 2.92. The number of aliphatic hydroxyl groups excluding tert-OH is 1. The zero-order valence-corrected chi connectivity index (χ0v) is 9.51. The van der Waals surface area contributed by atoms with E-state index in [1.54, 1.807) is 6.07 Å². The van der Waals surface area contributed by atoms with Crippen LogP contribution in [0.3, 0.4) is 0 Å². The minimum absolute atomic E-state index is 0.0509. The van der Waals surface area contributed by atoms with Crippen LogP contribution in [0.5, 0.6) is 0 Å². The molecule has 0 aromatic heterocycles. The van der Waals surface area contributed by atoms with Crippen molar-refractivity contribution in [3.05, 3.63) is 34.1 Å². The molecule has 1 unspecified atom stereocenters. The van der Waals surface area contributed by atoms with E-state index in [4.69, 9.17) is 5.11 Å². The highest BCUT2D eigenvalue weighted by atomic mass is 79.9. The smallest absolute Gasteiger partial charge is 0.124 e. The van der Waals surface area contributed by atoms with Gasteiger partial charge in [-0.3, -0.25) is 0 Å². The molecule has 1 aromatic rings. The van der Waals surface area contributed by atoms with Crippen LogP contribution in [0, 0.1) is 5.82 Å². The third kappa shape index (κ3) is 2.77. The highest BCUT2D eigenvalue weighted by Crippen LogP contribution is 2.25. The summed E-state index contributed by atoms with van der Waals surface area (Å²) >= 11 is 3.30. The summed E-state index contributed by atoms with van der Waals surface area (Å²) < 4.78 is 13.5. The molecule has 0 aliphatic carbocycles. The largest absolute Gasteiger partial charge is 0.396 e. The van der Waals surface area contributed by atoms with Crippen molar-refractivity contribution < 1.29 is 9.50 Å². The van der Waals surface area contributed by atoms with Gasteiger partial charge in [0, 0.05) is 17.1 Å². The van der Waals surface area contributed by atoms with Gasteiger partial charge in [-0.05, 0) is 31.2 Å². The molecule has 78 valence electrons. The molecule has 0 amide bonds. The maximum absolute atomic E-state index is 12.8. The van der Waals surface area contributed by atoms with Crippen molar-refractivity contribution >= 4 is 15.9 Å². The van der Waals surface area contributed by atoms with E-state index in [1.807, 2.05) is 7.05 Å². The minimum Gasteiger partial charge on any atom is -0.396 e. The topological polar surface area (TPSA) is 32.3 Å². The predicted molar refractivity (Wildman–Crippen MR) is 57.6 cm³/mol. The Labute approximate surface area is 91.3 Å². The van der Waals surface area contributed by atoms with E-state index in [-0.39, 0.29) is 18.5 Å². The lowest BCUT2D eigenvalue weighted by Gasteiger charge is -2.16. The van der Waals surface area contributed by atoms with Crippen LogP contribution in [0.2, 0.25) is 0 Å². The first-order valence-corrected chi connectivity index (χ1v) is 5.21. The number of rotatable bonds is 4. The molecule has 2 nitrogen and oxygen atoms in total. The zero-order valence-electron chi connectivity index (χ0n) is 7.93. The van der Waals surface area contributed by atoms with E-state index in [2.05, 4.69) is 21.2 Å². The lowest BCUT2D eigenvalue weighted by Crippen LogP contribution is -2.18. The lowest BCUT2D eigenvalue weighted by atomic mass is 10.0. The van der Waals surface area contributed by atoms with Crippen molar-refractivity contribution in [3.8, 4) is 0 Å². The minimum atomic E-state index is -0.264. The number of hydrogen-bond donors (Lipinski definition) is 2. The van der Waals surface area contributed by atoms with Gasteiger partial charge in [-0.25, -0.2) is 4.39 Å². The van der Waals surface area contributed by atoms with E-state index in [1.165, 1.54) is 12.1 Å². The summed E-state index contributed by atoms with van der Waals surface area (Å²) in [6.45, 7) is 0.106. The van der Waals surface area contributed by atoms with Crippen molar-refractivity contribution in [2.24, 2.45) is 0 Å². The fourth-order valence-corrected chi connectivity index (χ4v) is 2.00. The van der Waals surface area contributed by atoms with Crippen LogP contribution in [0.25, 0.3) is 0 Å². The van der Waals surface area contributed by atoms with Crippen LogP contribution < -0.4 is 5.32 Å². The molecule has 0 heterocycles. The van der Waals surface area contributed by atoms with Crippen molar-refractivity contribution in [2.45, 2.75) is 12.5 Å². The van der Waals surface area contributed by atoms with E-state index in [0.717, 1.165) is 10.0 Å². The van der Waals surface area contributed by atoms with Gasteiger partial charge in [0.1, 0.15) is 5.82 Å². The normalized spacial score (nSPS) is 12.9. The molecule has 1 aromatic carbocycles. The van der Waals surface area contributed by atoms with Gasteiger partial charge in [0.05, 0.1) is 0 Å². The molecule has 14 heavy (non-hydrogen) atoms. The highest BCUT2D eigenvalue weighted by Gasteiger charge is 2.12. The molecule has 0 aliphatic heterocycles. The lowest BCUT2D eigenvalue weighted by molar-refractivity contribution is 0.268. The quantitative estimate of drug-likeness (QED) is 0.872. The van der Waals surface area contributed by atoms with Crippen LogP contribution in [-0.4, -0.2) is 18.8 Å². The van der Waals surface area contributed by atoms with E-state index < -0.39 is 0 Å². The fraction of sp³-hybridized carbons (Fsp3) is 0.400. The second-order valence-electron chi connectivity index (χ2n) is 3.02. The van der Waals surface area contributed by atoms with Gasteiger partial charge in [0.15, 0.2) is 0 Å². The average Bonchev–Trinajstić information content (AvgIpc) is 2.15. The van der Waals surface area contributed by atoms with Gasteiger partial charge < -0.3 is 10.4 Å². The number of halogens is 2. The van der Waals surface area contributed by atoms with Crippen LogP contribution in [0.4, 0.5) is 4.39 Å². The molecule has 0 radical (unpaired) electrons. The Hall–Kier alpha value is -0.450. The molecule has 0 saturated heterocycles. The predicted octanol–water partition coefficient (Wildman–Crippen LogP) is 2.23. The number of benzene rings is 1. The van der Waals surface area contributed by atoms with E-state index in [0.29, 0.717) is 6.42 Å². The van der Waals surface area contributed by atoms with E-state index >= 15 is 0 Å². The molecule has 0 aliphatic rings. The summed E-state index contributed by atoms with van der Waals surface area (Å²) in [5.41, 5.74) is 0.961. The maximum Gasteiger partial charge on any atom is 0.124 e. The summed E-state index contributed by atoms with van der Waals surface area (Å²) in [5.74, 6) is -0.264. The van der Waals surface area contributed by atoms with Crippen LogP contribution in [-0.2, 0) is 0 Å². The molecule has 2 N–H and O–H groups in total. The van der Waals surface area contributed by atoms with Crippen molar-refractivity contribution in [1.29, 1.82) is 0 Å². The Morgan fingerprint density at radius 1 is 1.57 bits per heavy atom. The molecular formula is C10H13BrFNO. The monoisotopic (exact) mass is 261 g/mol. The van der Waals surface area contributed by atoms with Gasteiger partial charge in [-0.2, -0.15) is 0 Å². The Morgan fingerprint density at radius 3 is 2.79 bits per heavy atom. The standard InChI is InChI=1S/C10H13BrFNO/c1-13-10(4-5-14)8-3-2-7(12)6-9(8)11/h2-3,6,10,13-14H,4-5H2,1H3. The molecular weight excluding hydrogens is 249 g/mol. The van der Waals surface area contributed by atoms with Gasteiger partial charge >= 0.3 is 0 Å². The molecule has 4 heteroatoms. The summed E-state index contributed by atoms with van der Waals surface area (Å²) in [4.78, 5) is 0. The fourth-order valence-electron chi connectivity index (χ4n) is 1.37. The second-order valence-corrected chi connectivity index (χ2v) is 3.87. The van der Waals surface area contributed by atoms with E-state index in [9.17, 15) is 4.39 Å². The van der Waals surface area contributed by atoms with Crippen LogP contribution >= 0.6 is 15.9 Å². The molecule has 0 saturated carbocycles. The average molecular weight is 262 g/mol. The van der Waals surface area contributed by atoms with Gasteiger partial charge in [0.25, 0.3) is 0 Å². The molecule has 0 bridgehead atoms. The summed E-state index contributed by atoms with van der Waals surface area (Å²) in [6, 6.07) is 4.62. The SMILES string of the molecule is CNC(CCO)c1ccc(F)cc1Br. The molecule has 0 fully saturated rings. The molecule has 0 spiro atoms. The first-order valence-electron chi connectivity index (χ1n) is 4.42. The maximum atomic E-state index is 12.8. The van der Waals surface area contributed by atoms with Gasteiger partial charge in [0.2, 0.25) is 0 Å².